The minimum absolute atomic E-state index is 0.108. The Bertz CT molecular complexity index is 243. The van der Waals surface area contributed by atoms with Crippen LogP contribution in [0.3, 0.4) is 0 Å². The van der Waals surface area contributed by atoms with E-state index in [1.54, 1.807) is 0 Å². The van der Waals surface area contributed by atoms with Crippen molar-refractivity contribution in [2.75, 3.05) is 20.3 Å². The summed E-state index contributed by atoms with van der Waals surface area (Å²) >= 11 is 0. The van der Waals surface area contributed by atoms with Crippen LogP contribution in [0.1, 0.15) is 38.5 Å². The molecule has 0 amide bonds. The van der Waals surface area contributed by atoms with Crippen LogP contribution in [0, 0.1) is 0 Å². The summed E-state index contributed by atoms with van der Waals surface area (Å²) in [6.07, 6.45) is 6.52. The van der Waals surface area contributed by atoms with Crippen LogP contribution < -0.4 is 5.32 Å². The first-order valence-corrected chi connectivity index (χ1v) is 6.22. The number of carbonyl (C=O) groups is 1. The van der Waals surface area contributed by atoms with E-state index in [1.165, 1.54) is 7.11 Å². The molecule has 2 fully saturated rings. The summed E-state index contributed by atoms with van der Waals surface area (Å²) in [4.78, 5) is 11.8. The van der Waals surface area contributed by atoms with Crippen molar-refractivity contribution in [3.8, 4) is 0 Å². The minimum atomic E-state index is -0.430. The second-order valence-corrected chi connectivity index (χ2v) is 4.80. The van der Waals surface area contributed by atoms with Crippen molar-refractivity contribution in [2.45, 2.75) is 50.2 Å². The molecule has 16 heavy (non-hydrogen) atoms. The van der Waals surface area contributed by atoms with E-state index in [4.69, 9.17) is 9.47 Å². The summed E-state index contributed by atoms with van der Waals surface area (Å²) in [5.41, 5.74) is -0.430. The average Bonchev–Trinajstić information content (AvgIpc) is 2.97. The Balaban J connectivity index is 1.89. The van der Waals surface area contributed by atoms with Crippen LogP contribution in [-0.2, 0) is 14.3 Å². The quantitative estimate of drug-likeness (QED) is 0.734. The SMILES string of the molecule is COC(=O)C1(NCC2CCCO2)CCCC1. The number of carbonyl (C=O) groups excluding carboxylic acids is 1. The number of hydrogen-bond donors (Lipinski definition) is 1. The molecule has 1 aliphatic carbocycles. The van der Waals surface area contributed by atoms with E-state index in [0.29, 0.717) is 0 Å². The second-order valence-electron chi connectivity index (χ2n) is 4.80. The lowest BCUT2D eigenvalue weighted by Crippen LogP contribution is -2.52. The molecule has 2 rings (SSSR count). The molecule has 0 aromatic rings. The van der Waals surface area contributed by atoms with E-state index in [0.717, 1.165) is 51.7 Å². The number of nitrogens with one attached hydrogen (secondary N) is 1. The molecule has 0 aromatic heterocycles. The Morgan fingerprint density at radius 2 is 2.19 bits per heavy atom. The lowest BCUT2D eigenvalue weighted by molar-refractivity contribution is -0.148. The molecule has 1 atom stereocenters. The zero-order valence-electron chi connectivity index (χ0n) is 9.96. The third kappa shape index (κ3) is 2.38. The molecule has 4 nitrogen and oxygen atoms in total. The highest BCUT2D eigenvalue weighted by atomic mass is 16.5. The fraction of sp³-hybridized carbons (Fsp3) is 0.917. The maximum atomic E-state index is 11.8. The van der Waals surface area contributed by atoms with Gasteiger partial charge in [-0.15, -0.1) is 0 Å². The van der Waals surface area contributed by atoms with Crippen LogP contribution in [0.25, 0.3) is 0 Å². The molecular weight excluding hydrogens is 206 g/mol. The number of methoxy groups -OCH3 is 1. The molecule has 1 saturated heterocycles. The second kappa shape index (κ2) is 5.15. The van der Waals surface area contributed by atoms with E-state index in [-0.39, 0.29) is 12.1 Å². The largest absolute Gasteiger partial charge is 0.468 e. The molecule has 0 bridgehead atoms. The maximum absolute atomic E-state index is 11.8. The zero-order chi connectivity index (χ0) is 11.4. The summed E-state index contributed by atoms with van der Waals surface area (Å²) in [5, 5.41) is 3.39. The van der Waals surface area contributed by atoms with Gasteiger partial charge in [0.05, 0.1) is 13.2 Å². The molecule has 1 saturated carbocycles. The first-order valence-electron chi connectivity index (χ1n) is 6.22. The molecule has 0 spiro atoms. The van der Waals surface area contributed by atoms with Gasteiger partial charge in [0.1, 0.15) is 5.54 Å². The van der Waals surface area contributed by atoms with Crippen LogP contribution >= 0.6 is 0 Å². The molecule has 0 aromatic carbocycles. The van der Waals surface area contributed by atoms with Crippen molar-refractivity contribution in [2.24, 2.45) is 0 Å². The Hall–Kier alpha value is -0.610. The fourth-order valence-electron chi connectivity index (χ4n) is 2.74. The van der Waals surface area contributed by atoms with Crippen molar-refractivity contribution in [1.29, 1.82) is 0 Å². The van der Waals surface area contributed by atoms with Gasteiger partial charge in [-0.3, -0.25) is 10.1 Å². The highest BCUT2D eigenvalue weighted by Crippen LogP contribution is 2.31. The molecule has 1 N–H and O–H groups in total. The predicted molar refractivity (Wildman–Crippen MR) is 60.2 cm³/mol. The Morgan fingerprint density at radius 3 is 2.75 bits per heavy atom. The van der Waals surface area contributed by atoms with Gasteiger partial charge in [0.2, 0.25) is 0 Å². The maximum Gasteiger partial charge on any atom is 0.326 e. The summed E-state index contributed by atoms with van der Waals surface area (Å²) in [7, 11) is 1.47. The molecule has 1 aliphatic heterocycles. The van der Waals surface area contributed by atoms with Gasteiger partial charge in [-0.05, 0) is 25.7 Å². The molecule has 1 heterocycles. The van der Waals surface area contributed by atoms with Crippen LogP contribution in [0.4, 0.5) is 0 Å². The van der Waals surface area contributed by atoms with Crippen molar-refractivity contribution in [1.82, 2.24) is 5.32 Å². The summed E-state index contributed by atoms with van der Waals surface area (Å²) in [6.45, 7) is 1.63. The van der Waals surface area contributed by atoms with Gasteiger partial charge in [0, 0.05) is 13.2 Å². The Kier molecular flexibility index (Phi) is 3.82. The third-order valence-electron chi connectivity index (χ3n) is 3.73. The van der Waals surface area contributed by atoms with Gasteiger partial charge in [-0.25, -0.2) is 0 Å². The number of rotatable bonds is 4. The van der Waals surface area contributed by atoms with Crippen LogP contribution in [0.2, 0.25) is 0 Å². The Morgan fingerprint density at radius 1 is 1.44 bits per heavy atom. The van der Waals surface area contributed by atoms with Gasteiger partial charge in [0.15, 0.2) is 0 Å². The summed E-state index contributed by atoms with van der Waals surface area (Å²) in [6, 6.07) is 0. The Labute approximate surface area is 96.7 Å². The van der Waals surface area contributed by atoms with Crippen LogP contribution in [0.15, 0.2) is 0 Å². The third-order valence-corrected chi connectivity index (χ3v) is 3.73. The molecule has 1 unspecified atom stereocenters. The van der Waals surface area contributed by atoms with Crippen molar-refractivity contribution in [3.63, 3.8) is 0 Å². The summed E-state index contributed by atoms with van der Waals surface area (Å²) in [5.74, 6) is -0.108. The fourth-order valence-corrected chi connectivity index (χ4v) is 2.74. The van der Waals surface area contributed by atoms with Gasteiger partial charge in [0.25, 0.3) is 0 Å². The predicted octanol–water partition coefficient (Wildman–Crippen LogP) is 1.24. The van der Waals surface area contributed by atoms with E-state index in [1.807, 2.05) is 0 Å². The van der Waals surface area contributed by atoms with Gasteiger partial charge in [-0.2, -0.15) is 0 Å². The molecule has 0 radical (unpaired) electrons. The van der Waals surface area contributed by atoms with Crippen molar-refractivity contribution in [3.05, 3.63) is 0 Å². The lowest BCUT2D eigenvalue weighted by atomic mass is 9.97. The van der Waals surface area contributed by atoms with Crippen LogP contribution in [-0.4, -0.2) is 37.9 Å². The normalized spacial score (nSPS) is 28.2. The van der Waals surface area contributed by atoms with Gasteiger partial charge < -0.3 is 9.47 Å². The van der Waals surface area contributed by atoms with E-state index in [2.05, 4.69) is 5.32 Å². The van der Waals surface area contributed by atoms with Crippen molar-refractivity contribution < 1.29 is 14.3 Å². The number of esters is 1. The molecule has 92 valence electrons. The van der Waals surface area contributed by atoms with E-state index in [9.17, 15) is 4.79 Å². The summed E-state index contributed by atoms with van der Waals surface area (Å²) < 4.78 is 10.5. The molecular formula is C12H21NO3. The minimum Gasteiger partial charge on any atom is -0.468 e. The topological polar surface area (TPSA) is 47.6 Å². The highest BCUT2D eigenvalue weighted by molar-refractivity contribution is 5.81. The number of ether oxygens (including phenoxy) is 2. The highest BCUT2D eigenvalue weighted by Gasteiger charge is 2.42. The monoisotopic (exact) mass is 227 g/mol. The van der Waals surface area contributed by atoms with E-state index >= 15 is 0 Å². The van der Waals surface area contributed by atoms with Gasteiger partial charge in [-0.1, -0.05) is 12.8 Å². The smallest absolute Gasteiger partial charge is 0.326 e. The number of hydrogen-bond acceptors (Lipinski definition) is 4. The first-order chi connectivity index (χ1) is 7.77. The first kappa shape index (κ1) is 11.9. The average molecular weight is 227 g/mol. The lowest BCUT2D eigenvalue weighted by Gasteiger charge is -2.28. The van der Waals surface area contributed by atoms with Crippen molar-refractivity contribution >= 4 is 5.97 Å². The van der Waals surface area contributed by atoms with Gasteiger partial charge >= 0.3 is 5.97 Å². The standard InChI is InChI=1S/C12H21NO3/c1-15-11(14)12(6-2-3-7-12)13-9-10-5-4-8-16-10/h10,13H,2-9H2,1H3. The van der Waals surface area contributed by atoms with Crippen LogP contribution in [0.5, 0.6) is 0 Å². The molecule has 4 heteroatoms. The zero-order valence-corrected chi connectivity index (χ0v) is 9.96. The molecule has 2 aliphatic rings. The van der Waals surface area contributed by atoms with E-state index < -0.39 is 5.54 Å².